The van der Waals surface area contributed by atoms with E-state index in [-0.39, 0.29) is 11.3 Å². The third-order valence-corrected chi connectivity index (χ3v) is 2.93. The van der Waals surface area contributed by atoms with Gasteiger partial charge in [0.1, 0.15) is 0 Å². The van der Waals surface area contributed by atoms with E-state index >= 15 is 0 Å². The molecule has 0 aliphatic rings. The lowest BCUT2D eigenvalue weighted by molar-refractivity contribution is -0.124. The third-order valence-electron chi connectivity index (χ3n) is 2.93. The molecule has 0 fully saturated rings. The number of likely N-dealkylation sites (N-methyl/N-ethyl adjacent to an activating group) is 1. The Morgan fingerprint density at radius 2 is 1.88 bits per heavy atom. The maximum absolute atomic E-state index is 11.8. The molecule has 102 valence electrons. The van der Waals surface area contributed by atoms with Gasteiger partial charge in [0.25, 0.3) is 0 Å². The number of amides is 1. The van der Waals surface area contributed by atoms with Gasteiger partial charge in [-0.1, -0.05) is 34.6 Å². The average Bonchev–Trinajstić information content (AvgIpc) is 2.25. The molecule has 17 heavy (non-hydrogen) atoms. The summed E-state index contributed by atoms with van der Waals surface area (Å²) in [5.74, 6) is -0.0509. The number of hydrogen-bond donors (Lipinski definition) is 2. The molecule has 0 radical (unpaired) electrons. The molecular weight excluding hydrogens is 214 g/mol. The van der Waals surface area contributed by atoms with Gasteiger partial charge in [-0.3, -0.25) is 4.79 Å². The summed E-state index contributed by atoms with van der Waals surface area (Å²) in [6, 6.07) is -0.441. The van der Waals surface area contributed by atoms with E-state index in [2.05, 4.69) is 24.1 Å². The van der Waals surface area contributed by atoms with Gasteiger partial charge in [-0.15, -0.1) is 0 Å². The van der Waals surface area contributed by atoms with Crippen LogP contribution in [0.5, 0.6) is 0 Å². The topological polar surface area (TPSA) is 58.4 Å². The molecule has 0 aromatic rings. The third kappa shape index (κ3) is 6.64. The maximum atomic E-state index is 11.8. The Labute approximate surface area is 106 Å². The van der Waals surface area contributed by atoms with Gasteiger partial charge in [0.05, 0.1) is 6.04 Å². The lowest BCUT2D eigenvalue weighted by Crippen LogP contribution is -2.50. The molecule has 0 heterocycles. The monoisotopic (exact) mass is 243 g/mol. The van der Waals surface area contributed by atoms with Crippen LogP contribution in [-0.2, 0) is 4.79 Å². The Hall–Kier alpha value is -0.610. The number of nitrogens with one attached hydrogen (secondary N) is 1. The summed E-state index contributed by atoms with van der Waals surface area (Å²) in [7, 11) is 0. The highest BCUT2D eigenvalue weighted by molar-refractivity contribution is 5.82. The fourth-order valence-electron chi connectivity index (χ4n) is 1.58. The number of carbonyl (C=O) groups excluding carboxylic acids is 1. The van der Waals surface area contributed by atoms with Gasteiger partial charge in [-0.2, -0.15) is 0 Å². The fraction of sp³-hybridized carbons (Fsp3) is 0.923. The van der Waals surface area contributed by atoms with Crippen LogP contribution < -0.4 is 11.1 Å². The molecule has 0 saturated heterocycles. The van der Waals surface area contributed by atoms with Gasteiger partial charge in [0, 0.05) is 13.1 Å². The van der Waals surface area contributed by atoms with Crippen LogP contribution in [0.1, 0.15) is 41.0 Å². The predicted octanol–water partition coefficient (Wildman–Crippen LogP) is 1.21. The SMILES string of the molecule is CCCN(CC)CCNC(=O)C(N)C(C)(C)C. The summed E-state index contributed by atoms with van der Waals surface area (Å²) < 4.78 is 0. The molecule has 0 aliphatic carbocycles. The fourth-order valence-corrected chi connectivity index (χ4v) is 1.58. The zero-order chi connectivity index (χ0) is 13.5. The minimum Gasteiger partial charge on any atom is -0.353 e. The van der Waals surface area contributed by atoms with Crippen LogP contribution in [0.3, 0.4) is 0 Å². The molecule has 3 N–H and O–H groups in total. The van der Waals surface area contributed by atoms with Crippen molar-refractivity contribution in [3.8, 4) is 0 Å². The molecule has 0 bridgehead atoms. The summed E-state index contributed by atoms with van der Waals surface area (Å²) >= 11 is 0. The van der Waals surface area contributed by atoms with E-state index in [1.54, 1.807) is 0 Å². The number of carbonyl (C=O) groups is 1. The molecule has 0 aliphatic heterocycles. The molecule has 4 nitrogen and oxygen atoms in total. The number of rotatable bonds is 7. The summed E-state index contributed by atoms with van der Waals surface area (Å²) in [4.78, 5) is 14.1. The van der Waals surface area contributed by atoms with Crippen molar-refractivity contribution in [2.45, 2.75) is 47.1 Å². The van der Waals surface area contributed by atoms with Crippen molar-refractivity contribution in [2.24, 2.45) is 11.1 Å². The van der Waals surface area contributed by atoms with Gasteiger partial charge in [-0.25, -0.2) is 0 Å². The van der Waals surface area contributed by atoms with Crippen LogP contribution in [0.2, 0.25) is 0 Å². The Balaban J connectivity index is 3.92. The van der Waals surface area contributed by atoms with Crippen molar-refractivity contribution in [3.63, 3.8) is 0 Å². The summed E-state index contributed by atoms with van der Waals surface area (Å²) in [5, 5.41) is 2.91. The van der Waals surface area contributed by atoms with Crippen molar-refractivity contribution in [2.75, 3.05) is 26.2 Å². The molecular formula is C13H29N3O. The van der Waals surface area contributed by atoms with Crippen LogP contribution in [0, 0.1) is 5.41 Å². The number of nitrogens with zero attached hydrogens (tertiary/aromatic N) is 1. The van der Waals surface area contributed by atoms with Crippen LogP contribution in [0.4, 0.5) is 0 Å². The van der Waals surface area contributed by atoms with E-state index in [0.717, 1.165) is 26.1 Å². The molecule has 0 spiro atoms. The highest BCUT2D eigenvalue weighted by Gasteiger charge is 2.26. The lowest BCUT2D eigenvalue weighted by Gasteiger charge is -2.26. The summed E-state index contributed by atoms with van der Waals surface area (Å²) in [5.41, 5.74) is 5.69. The molecule has 0 aromatic heterocycles. The van der Waals surface area contributed by atoms with Crippen LogP contribution >= 0.6 is 0 Å². The summed E-state index contributed by atoms with van der Waals surface area (Å²) in [6.45, 7) is 13.9. The Kier molecular flexibility index (Phi) is 7.39. The van der Waals surface area contributed by atoms with E-state index in [4.69, 9.17) is 5.73 Å². The second kappa shape index (κ2) is 7.67. The van der Waals surface area contributed by atoms with E-state index in [0.29, 0.717) is 6.54 Å². The van der Waals surface area contributed by atoms with Crippen molar-refractivity contribution in [1.82, 2.24) is 10.2 Å². The molecule has 1 unspecified atom stereocenters. The molecule has 0 aromatic carbocycles. The molecule has 1 amide bonds. The number of hydrogen-bond acceptors (Lipinski definition) is 3. The molecule has 1 atom stereocenters. The highest BCUT2D eigenvalue weighted by atomic mass is 16.2. The first-order valence-electron chi connectivity index (χ1n) is 6.58. The normalized spacial score (nSPS) is 13.8. The van der Waals surface area contributed by atoms with E-state index < -0.39 is 6.04 Å². The predicted molar refractivity (Wildman–Crippen MR) is 72.8 cm³/mol. The van der Waals surface area contributed by atoms with E-state index in [9.17, 15) is 4.79 Å². The van der Waals surface area contributed by atoms with Crippen molar-refractivity contribution in [1.29, 1.82) is 0 Å². The highest BCUT2D eigenvalue weighted by Crippen LogP contribution is 2.16. The summed E-state index contributed by atoms with van der Waals surface area (Å²) in [6.07, 6.45) is 1.14. The quantitative estimate of drug-likeness (QED) is 0.706. The van der Waals surface area contributed by atoms with Gasteiger partial charge < -0.3 is 16.0 Å². The first kappa shape index (κ1) is 16.4. The molecule has 0 saturated carbocycles. The minimum atomic E-state index is -0.441. The van der Waals surface area contributed by atoms with Crippen molar-refractivity contribution >= 4 is 5.91 Å². The van der Waals surface area contributed by atoms with Crippen LogP contribution in [0.25, 0.3) is 0 Å². The van der Waals surface area contributed by atoms with Gasteiger partial charge in [0.15, 0.2) is 0 Å². The molecule has 4 heteroatoms. The lowest BCUT2D eigenvalue weighted by atomic mass is 9.87. The van der Waals surface area contributed by atoms with E-state index in [1.165, 1.54) is 0 Å². The van der Waals surface area contributed by atoms with E-state index in [1.807, 2.05) is 20.8 Å². The smallest absolute Gasteiger partial charge is 0.237 e. The number of nitrogens with two attached hydrogens (primary N) is 1. The Morgan fingerprint density at radius 3 is 2.29 bits per heavy atom. The Bertz CT molecular complexity index is 223. The molecule has 0 rings (SSSR count). The minimum absolute atomic E-state index is 0.0509. The van der Waals surface area contributed by atoms with Crippen molar-refractivity contribution < 1.29 is 4.79 Å². The largest absolute Gasteiger partial charge is 0.353 e. The van der Waals surface area contributed by atoms with Crippen molar-refractivity contribution in [3.05, 3.63) is 0 Å². The second-order valence-electron chi connectivity index (χ2n) is 5.57. The van der Waals surface area contributed by atoms with Crippen LogP contribution in [0.15, 0.2) is 0 Å². The maximum Gasteiger partial charge on any atom is 0.237 e. The zero-order valence-corrected chi connectivity index (χ0v) is 12.0. The Morgan fingerprint density at radius 1 is 1.29 bits per heavy atom. The van der Waals surface area contributed by atoms with Gasteiger partial charge in [-0.05, 0) is 24.9 Å². The van der Waals surface area contributed by atoms with Gasteiger partial charge in [0.2, 0.25) is 5.91 Å². The van der Waals surface area contributed by atoms with Crippen LogP contribution in [-0.4, -0.2) is 43.0 Å². The second-order valence-corrected chi connectivity index (χ2v) is 5.57. The standard InChI is InChI=1S/C13H29N3O/c1-6-9-16(7-2)10-8-15-12(17)11(14)13(3,4)5/h11H,6-10,14H2,1-5H3,(H,15,17). The van der Waals surface area contributed by atoms with Gasteiger partial charge >= 0.3 is 0 Å². The first-order valence-corrected chi connectivity index (χ1v) is 6.58. The average molecular weight is 243 g/mol. The first-order chi connectivity index (χ1) is 7.82. The zero-order valence-electron chi connectivity index (χ0n) is 12.0.